The Bertz CT molecular complexity index is 613. The smallest absolute Gasteiger partial charge is 0.379 e. The number of carbonyl (C=O) groups is 1. The molecular weight excluding hydrogens is 359 g/mol. The second kappa shape index (κ2) is 7.95. The molecule has 1 fully saturated rings. The Morgan fingerprint density at radius 3 is 2.56 bits per heavy atom. The number of aromatic nitrogens is 2. The van der Waals surface area contributed by atoms with Crippen LogP contribution in [0.5, 0.6) is 0 Å². The fraction of sp³-hybridized carbons (Fsp3) is 0.750. The fourth-order valence-electron chi connectivity index (χ4n) is 2.49. The largest absolute Gasteiger partial charge is 0.436 e. The van der Waals surface area contributed by atoms with Crippen molar-refractivity contribution in [2.75, 3.05) is 13.2 Å². The average Bonchev–Trinajstić information content (AvgIpc) is 3.27. The molecule has 1 aromatic heterocycles. The molecule has 25 heavy (non-hydrogen) atoms. The number of nitrogens with one attached hydrogen (secondary N) is 1. The molecule has 5 nitrogen and oxygen atoms in total. The van der Waals surface area contributed by atoms with E-state index in [2.05, 4.69) is 10.4 Å². The summed E-state index contributed by atoms with van der Waals surface area (Å²) in [7, 11) is 0. The van der Waals surface area contributed by atoms with Crippen LogP contribution in [0.15, 0.2) is 0 Å². The van der Waals surface area contributed by atoms with Gasteiger partial charge in [-0.25, -0.2) is 0 Å². The highest BCUT2D eigenvalue weighted by Gasteiger charge is 2.43. The summed E-state index contributed by atoms with van der Waals surface area (Å²) < 4.78 is 45.7. The molecule has 0 spiro atoms. The summed E-state index contributed by atoms with van der Waals surface area (Å²) in [6.07, 6.45) is -2.40. The summed E-state index contributed by atoms with van der Waals surface area (Å²) in [5.41, 5.74) is -0.819. The van der Waals surface area contributed by atoms with Gasteiger partial charge in [0.05, 0.1) is 16.8 Å². The highest BCUT2D eigenvalue weighted by Crippen LogP contribution is 2.47. The monoisotopic (exact) mass is 381 g/mol. The highest BCUT2D eigenvalue weighted by molar-refractivity contribution is 6.32. The van der Waals surface area contributed by atoms with Crippen LogP contribution in [-0.2, 0) is 15.7 Å². The molecule has 2 rings (SSSR count). The van der Waals surface area contributed by atoms with Gasteiger partial charge in [0.15, 0.2) is 5.69 Å². The summed E-state index contributed by atoms with van der Waals surface area (Å²) in [4.78, 5) is 12.3. The lowest BCUT2D eigenvalue weighted by atomic mass is 10.2. The first-order valence-corrected chi connectivity index (χ1v) is 8.75. The maximum atomic E-state index is 13.1. The first-order chi connectivity index (χ1) is 11.6. The number of halogens is 4. The third-order valence-corrected chi connectivity index (χ3v) is 4.31. The van der Waals surface area contributed by atoms with Crippen LogP contribution in [0.1, 0.15) is 63.4 Å². The van der Waals surface area contributed by atoms with Gasteiger partial charge in [-0.05, 0) is 40.0 Å². The zero-order valence-electron chi connectivity index (χ0n) is 14.5. The van der Waals surface area contributed by atoms with Crippen LogP contribution < -0.4 is 5.32 Å². The summed E-state index contributed by atoms with van der Waals surface area (Å²) in [6.45, 7) is 6.25. The van der Waals surface area contributed by atoms with Crippen LogP contribution >= 0.6 is 11.6 Å². The number of alkyl halides is 3. The molecule has 9 heteroatoms. The van der Waals surface area contributed by atoms with Crippen LogP contribution in [0.2, 0.25) is 5.02 Å². The van der Waals surface area contributed by atoms with Crippen molar-refractivity contribution in [3.8, 4) is 0 Å². The molecule has 1 unspecified atom stereocenters. The molecule has 0 radical (unpaired) electrons. The van der Waals surface area contributed by atoms with Crippen molar-refractivity contribution in [1.82, 2.24) is 15.1 Å². The number of hydrogen-bond acceptors (Lipinski definition) is 3. The Labute approximate surface area is 149 Å². The van der Waals surface area contributed by atoms with Gasteiger partial charge in [0.1, 0.15) is 6.04 Å². The number of carbonyl (C=O) groups excluding carboxylic acids is 1. The summed E-state index contributed by atoms with van der Waals surface area (Å²) >= 11 is 5.92. The Morgan fingerprint density at radius 1 is 1.40 bits per heavy atom. The lowest BCUT2D eigenvalue weighted by Crippen LogP contribution is -2.33. The van der Waals surface area contributed by atoms with Crippen molar-refractivity contribution in [3.05, 3.63) is 16.4 Å². The zero-order chi connectivity index (χ0) is 18.8. The predicted octanol–water partition coefficient (Wildman–Crippen LogP) is 3.93. The van der Waals surface area contributed by atoms with Gasteiger partial charge in [-0.2, -0.15) is 18.3 Å². The van der Waals surface area contributed by atoms with E-state index in [1.54, 1.807) is 0 Å². The quantitative estimate of drug-likeness (QED) is 0.694. The molecule has 0 bridgehead atoms. The molecule has 1 aliphatic carbocycles. The Balaban J connectivity index is 2.05. The molecule has 0 saturated heterocycles. The lowest BCUT2D eigenvalue weighted by molar-refractivity contribution is -0.141. The third kappa shape index (κ3) is 5.10. The van der Waals surface area contributed by atoms with Gasteiger partial charge in [0.2, 0.25) is 5.91 Å². The van der Waals surface area contributed by atoms with E-state index in [1.165, 1.54) is 6.92 Å². The second-order valence-corrected chi connectivity index (χ2v) is 6.88. The van der Waals surface area contributed by atoms with E-state index < -0.39 is 17.9 Å². The first-order valence-electron chi connectivity index (χ1n) is 8.37. The zero-order valence-corrected chi connectivity index (χ0v) is 15.2. The fourth-order valence-corrected chi connectivity index (χ4v) is 2.87. The minimum absolute atomic E-state index is 0.0641. The maximum absolute atomic E-state index is 13.1. The number of amides is 1. The molecule has 1 atom stereocenters. The van der Waals surface area contributed by atoms with E-state index >= 15 is 0 Å². The maximum Gasteiger partial charge on any atom is 0.436 e. The van der Waals surface area contributed by atoms with Crippen molar-refractivity contribution >= 4 is 17.5 Å². The van der Waals surface area contributed by atoms with E-state index in [4.69, 9.17) is 16.3 Å². The normalized spacial score (nSPS) is 16.3. The standard InChI is InChI=1S/C16H23ClF3N3O2/c1-9(2)25-8-4-7-21-15(24)10(3)23-13(11-5-6-11)12(17)14(22-23)16(18,19)20/h9-11H,4-8H2,1-3H3,(H,21,24). The number of ether oxygens (including phenoxy) is 1. The average molecular weight is 382 g/mol. The Hall–Kier alpha value is -1.28. The molecule has 1 heterocycles. The van der Waals surface area contributed by atoms with Crippen LogP contribution in [0.4, 0.5) is 13.2 Å². The van der Waals surface area contributed by atoms with Crippen molar-refractivity contribution in [2.24, 2.45) is 0 Å². The highest BCUT2D eigenvalue weighted by atomic mass is 35.5. The van der Waals surface area contributed by atoms with Gasteiger partial charge < -0.3 is 10.1 Å². The van der Waals surface area contributed by atoms with Gasteiger partial charge in [-0.3, -0.25) is 9.48 Å². The summed E-state index contributed by atoms with van der Waals surface area (Å²) in [6, 6.07) is -0.866. The molecular formula is C16H23ClF3N3O2. The molecule has 1 amide bonds. The van der Waals surface area contributed by atoms with E-state index in [0.717, 1.165) is 17.5 Å². The van der Waals surface area contributed by atoms with Crippen molar-refractivity contribution < 1.29 is 22.7 Å². The summed E-state index contributed by atoms with van der Waals surface area (Å²) in [5.74, 6) is -0.454. The molecule has 1 aromatic rings. The van der Waals surface area contributed by atoms with Crippen molar-refractivity contribution in [3.63, 3.8) is 0 Å². The van der Waals surface area contributed by atoms with E-state index in [0.29, 0.717) is 25.3 Å². The third-order valence-electron chi connectivity index (χ3n) is 3.94. The number of nitrogens with zero attached hydrogens (tertiary/aromatic N) is 2. The minimum Gasteiger partial charge on any atom is -0.379 e. The number of hydrogen-bond donors (Lipinski definition) is 1. The van der Waals surface area contributed by atoms with Gasteiger partial charge in [-0.1, -0.05) is 11.6 Å². The van der Waals surface area contributed by atoms with Crippen LogP contribution in [0, 0.1) is 0 Å². The van der Waals surface area contributed by atoms with Gasteiger partial charge >= 0.3 is 6.18 Å². The predicted molar refractivity (Wildman–Crippen MR) is 87.6 cm³/mol. The van der Waals surface area contributed by atoms with Gasteiger partial charge in [-0.15, -0.1) is 0 Å². The molecule has 1 aliphatic rings. The van der Waals surface area contributed by atoms with Crippen LogP contribution in [-0.4, -0.2) is 34.9 Å². The first kappa shape index (κ1) is 20.0. The minimum atomic E-state index is -4.64. The molecule has 0 aromatic carbocycles. The molecule has 0 aliphatic heterocycles. The molecule has 1 N–H and O–H groups in total. The van der Waals surface area contributed by atoms with Gasteiger partial charge in [0.25, 0.3) is 0 Å². The van der Waals surface area contributed by atoms with Gasteiger partial charge in [0, 0.05) is 19.1 Å². The topological polar surface area (TPSA) is 56.1 Å². The van der Waals surface area contributed by atoms with Crippen LogP contribution in [0.3, 0.4) is 0 Å². The number of rotatable bonds is 8. The second-order valence-electron chi connectivity index (χ2n) is 6.50. The SMILES string of the molecule is CC(C)OCCCNC(=O)C(C)n1nc(C(F)(F)F)c(Cl)c1C1CC1. The Morgan fingerprint density at radius 2 is 2.04 bits per heavy atom. The summed E-state index contributed by atoms with van der Waals surface area (Å²) in [5, 5.41) is 5.92. The van der Waals surface area contributed by atoms with E-state index in [-0.39, 0.29) is 23.0 Å². The Kier molecular flexibility index (Phi) is 6.37. The molecule has 142 valence electrons. The lowest BCUT2D eigenvalue weighted by Gasteiger charge is -2.16. The van der Waals surface area contributed by atoms with Crippen LogP contribution in [0.25, 0.3) is 0 Å². The van der Waals surface area contributed by atoms with Crippen molar-refractivity contribution in [1.29, 1.82) is 0 Å². The molecule has 1 saturated carbocycles. The van der Waals surface area contributed by atoms with E-state index in [9.17, 15) is 18.0 Å². The van der Waals surface area contributed by atoms with E-state index in [1.807, 2.05) is 13.8 Å². The van der Waals surface area contributed by atoms with Crippen molar-refractivity contribution in [2.45, 2.75) is 64.3 Å².